The van der Waals surface area contributed by atoms with E-state index in [9.17, 15) is 4.79 Å². The van der Waals surface area contributed by atoms with Gasteiger partial charge in [-0.25, -0.2) is 9.50 Å². The fourth-order valence-electron chi connectivity index (χ4n) is 2.97. The molecule has 124 valence electrons. The lowest BCUT2D eigenvalue weighted by Gasteiger charge is -2.04. The van der Waals surface area contributed by atoms with E-state index in [4.69, 9.17) is 9.72 Å². The van der Waals surface area contributed by atoms with Crippen molar-refractivity contribution in [1.82, 2.24) is 14.6 Å². The molecule has 25 heavy (non-hydrogen) atoms. The van der Waals surface area contributed by atoms with Gasteiger partial charge in [0.05, 0.1) is 18.5 Å². The number of rotatable bonds is 3. The minimum Gasteiger partial charge on any atom is -0.497 e. The Labute approximate surface area is 144 Å². The van der Waals surface area contributed by atoms with E-state index in [1.165, 1.54) is 10.6 Å². The third-order valence-corrected chi connectivity index (χ3v) is 4.28. The number of benzene rings is 2. The number of hydrogen-bond donors (Lipinski definition) is 1. The van der Waals surface area contributed by atoms with E-state index in [1.54, 1.807) is 7.11 Å². The molecule has 0 spiro atoms. The number of ether oxygens (including phenoxy) is 1. The first-order chi connectivity index (χ1) is 12.2. The van der Waals surface area contributed by atoms with Gasteiger partial charge in [-0.15, -0.1) is 0 Å². The molecule has 0 unspecified atom stereocenters. The molecule has 0 amide bonds. The second kappa shape index (κ2) is 5.94. The summed E-state index contributed by atoms with van der Waals surface area (Å²) in [5, 5.41) is 3.17. The molecule has 0 radical (unpaired) electrons. The molecule has 0 saturated heterocycles. The number of nitrogens with one attached hydrogen (secondary N) is 1. The van der Waals surface area contributed by atoms with Crippen LogP contribution in [0.4, 0.5) is 0 Å². The molecule has 5 heteroatoms. The van der Waals surface area contributed by atoms with Gasteiger partial charge < -0.3 is 4.74 Å². The molecule has 4 aromatic rings. The number of aromatic nitrogens is 3. The predicted molar refractivity (Wildman–Crippen MR) is 98.0 cm³/mol. The van der Waals surface area contributed by atoms with Gasteiger partial charge in [0, 0.05) is 17.2 Å². The first kappa shape index (κ1) is 15.2. The minimum absolute atomic E-state index is 0.145. The van der Waals surface area contributed by atoms with Gasteiger partial charge in [-0.2, -0.15) is 0 Å². The third kappa shape index (κ3) is 2.59. The fraction of sp³-hybridized carbons (Fsp3) is 0.100. The number of aromatic amines is 1. The lowest BCUT2D eigenvalue weighted by atomic mass is 10.1. The van der Waals surface area contributed by atoms with Gasteiger partial charge in [0.15, 0.2) is 5.65 Å². The Morgan fingerprint density at radius 2 is 1.76 bits per heavy atom. The van der Waals surface area contributed by atoms with Crippen LogP contribution in [0, 0.1) is 6.92 Å². The zero-order valence-corrected chi connectivity index (χ0v) is 14.0. The maximum absolute atomic E-state index is 12.6. The summed E-state index contributed by atoms with van der Waals surface area (Å²) in [5.74, 6) is 0.732. The number of methoxy groups -OCH3 is 1. The predicted octanol–water partition coefficient (Wildman–Crippen LogP) is 3.67. The number of fused-ring (bicyclic) bond motifs is 1. The Hall–Kier alpha value is -3.34. The summed E-state index contributed by atoms with van der Waals surface area (Å²) in [6, 6.07) is 19.0. The van der Waals surface area contributed by atoms with Crippen LogP contribution < -0.4 is 10.3 Å². The highest BCUT2D eigenvalue weighted by Gasteiger charge is 2.14. The standard InChI is InChI=1S/C20H17N3O2/c1-13-19(14-7-4-3-5-8-14)22-23-18(24)12-17(21-20(13)23)15-9-6-10-16(11-15)25-2/h3-12,22H,1-2H3. The van der Waals surface area contributed by atoms with E-state index in [-0.39, 0.29) is 5.56 Å². The third-order valence-electron chi connectivity index (χ3n) is 4.28. The van der Waals surface area contributed by atoms with Crippen molar-refractivity contribution in [1.29, 1.82) is 0 Å². The number of nitrogens with zero attached hydrogens (tertiary/aromatic N) is 2. The second-order valence-corrected chi connectivity index (χ2v) is 5.85. The molecule has 4 rings (SSSR count). The Morgan fingerprint density at radius 3 is 2.52 bits per heavy atom. The van der Waals surface area contributed by atoms with Crippen molar-refractivity contribution in [3.05, 3.63) is 76.6 Å². The van der Waals surface area contributed by atoms with Gasteiger partial charge in [0.1, 0.15) is 5.75 Å². The molecule has 0 aliphatic heterocycles. The Morgan fingerprint density at radius 1 is 1.00 bits per heavy atom. The van der Waals surface area contributed by atoms with Crippen LogP contribution in [0.1, 0.15) is 5.56 Å². The first-order valence-electron chi connectivity index (χ1n) is 7.99. The topological polar surface area (TPSA) is 59.4 Å². The molecule has 0 aliphatic carbocycles. The highest BCUT2D eigenvalue weighted by molar-refractivity contribution is 5.72. The average molecular weight is 331 g/mol. The quantitative estimate of drug-likeness (QED) is 0.623. The van der Waals surface area contributed by atoms with Gasteiger partial charge in [0.2, 0.25) is 0 Å². The number of hydrogen-bond acceptors (Lipinski definition) is 3. The minimum atomic E-state index is -0.145. The van der Waals surface area contributed by atoms with Crippen molar-refractivity contribution >= 4 is 5.65 Å². The Kier molecular flexibility index (Phi) is 3.61. The van der Waals surface area contributed by atoms with Gasteiger partial charge in [-0.1, -0.05) is 42.5 Å². The Balaban J connectivity index is 1.93. The van der Waals surface area contributed by atoms with Crippen LogP contribution in [0.3, 0.4) is 0 Å². The van der Waals surface area contributed by atoms with E-state index in [1.807, 2.05) is 61.5 Å². The molecule has 0 fully saturated rings. The van der Waals surface area contributed by atoms with Gasteiger partial charge >= 0.3 is 0 Å². The van der Waals surface area contributed by atoms with Crippen LogP contribution >= 0.6 is 0 Å². The summed E-state index contributed by atoms with van der Waals surface area (Å²) >= 11 is 0. The summed E-state index contributed by atoms with van der Waals surface area (Å²) in [6.07, 6.45) is 0. The molecule has 0 saturated carbocycles. The number of H-pyrrole nitrogens is 1. The van der Waals surface area contributed by atoms with Crippen molar-refractivity contribution in [2.24, 2.45) is 0 Å². The van der Waals surface area contributed by atoms with E-state index in [2.05, 4.69) is 5.10 Å². The highest BCUT2D eigenvalue weighted by atomic mass is 16.5. The summed E-state index contributed by atoms with van der Waals surface area (Å²) in [7, 11) is 1.62. The van der Waals surface area contributed by atoms with E-state index >= 15 is 0 Å². The van der Waals surface area contributed by atoms with Crippen LogP contribution in [-0.4, -0.2) is 21.7 Å². The van der Waals surface area contributed by atoms with Gasteiger partial charge in [-0.3, -0.25) is 9.89 Å². The van der Waals surface area contributed by atoms with E-state index < -0.39 is 0 Å². The maximum atomic E-state index is 12.6. The van der Waals surface area contributed by atoms with Crippen LogP contribution in [0.15, 0.2) is 65.5 Å². The monoisotopic (exact) mass is 331 g/mol. The van der Waals surface area contributed by atoms with Crippen LogP contribution in [0.25, 0.3) is 28.2 Å². The van der Waals surface area contributed by atoms with Crippen LogP contribution in [-0.2, 0) is 0 Å². The lowest BCUT2D eigenvalue weighted by Crippen LogP contribution is -2.14. The van der Waals surface area contributed by atoms with Crippen molar-refractivity contribution in [3.63, 3.8) is 0 Å². The maximum Gasteiger partial charge on any atom is 0.273 e. The highest BCUT2D eigenvalue weighted by Crippen LogP contribution is 2.26. The average Bonchev–Trinajstić information content (AvgIpc) is 3.00. The number of aryl methyl sites for hydroxylation is 1. The lowest BCUT2D eigenvalue weighted by molar-refractivity contribution is 0.415. The zero-order chi connectivity index (χ0) is 17.4. The van der Waals surface area contributed by atoms with Crippen LogP contribution in [0.5, 0.6) is 5.75 Å². The van der Waals surface area contributed by atoms with Crippen molar-refractivity contribution in [2.45, 2.75) is 6.92 Å². The molecule has 2 heterocycles. The molecule has 1 N–H and O–H groups in total. The second-order valence-electron chi connectivity index (χ2n) is 5.85. The van der Waals surface area contributed by atoms with Crippen molar-refractivity contribution < 1.29 is 4.74 Å². The summed E-state index contributed by atoms with van der Waals surface area (Å²) < 4.78 is 6.75. The molecule has 0 atom stereocenters. The normalized spacial score (nSPS) is 11.0. The largest absolute Gasteiger partial charge is 0.497 e. The summed E-state index contributed by atoms with van der Waals surface area (Å²) in [6.45, 7) is 1.97. The first-order valence-corrected chi connectivity index (χ1v) is 7.99. The van der Waals surface area contributed by atoms with Gasteiger partial charge in [-0.05, 0) is 24.6 Å². The SMILES string of the molecule is COc1cccc(-c2cc(=O)n3[nH]c(-c4ccccc4)c(C)c3n2)c1. The summed E-state index contributed by atoms with van der Waals surface area (Å²) in [4.78, 5) is 17.3. The fourth-order valence-corrected chi connectivity index (χ4v) is 2.97. The van der Waals surface area contributed by atoms with E-state index in [0.717, 1.165) is 28.1 Å². The zero-order valence-electron chi connectivity index (χ0n) is 14.0. The van der Waals surface area contributed by atoms with Gasteiger partial charge in [0.25, 0.3) is 5.56 Å². The molecule has 5 nitrogen and oxygen atoms in total. The molecular weight excluding hydrogens is 314 g/mol. The molecule has 2 aromatic heterocycles. The van der Waals surface area contributed by atoms with Crippen molar-refractivity contribution in [3.8, 4) is 28.3 Å². The summed E-state index contributed by atoms with van der Waals surface area (Å²) in [5.41, 5.74) is 4.82. The van der Waals surface area contributed by atoms with Crippen molar-refractivity contribution in [2.75, 3.05) is 7.11 Å². The molecule has 0 bridgehead atoms. The molecule has 2 aromatic carbocycles. The molecular formula is C20H17N3O2. The smallest absolute Gasteiger partial charge is 0.273 e. The van der Waals surface area contributed by atoms with Crippen LogP contribution in [0.2, 0.25) is 0 Å². The van der Waals surface area contributed by atoms with E-state index in [0.29, 0.717) is 11.3 Å². The molecule has 0 aliphatic rings. The Bertz CT molecular complexity index is 1110.